The number of amides is 2. The van der Waals surface area contributed by atoms with Gasteiger partial charge in [-0.15, -0.1) is 11.3 Å². The molecule has 0 fully saturated rings. The van der Waals surface area contributed by atoms with Crippen LogP contribution in [0.1, 0.15) is 57.2 Å². The van der Waals surface area contributed by atoms with Gasteiger partial charge in [-0.1, -0.05) is 6.07 Å². The summed E-state index contributed by atoms with van der Waals surface area (Å²) >= 11 is 1.60. The molecule has 2 aromatic rings. The fourth-order valence-corrected chi connectivity index (χ4v) is 4.37. The molecule has 0 aliphatic heterocycles. The second-order valence-corrected chi connectivity index (χ2v) is 7.42. The van der Waals surface area contributed by atoms with Crippen molar-refractivity contribution in [3.8, 4) is 0 Å². The predicted octanol–water partition coefficient (Wildman–Crippen LogP) is 4.36. The molecule has 0 saturated heterocycles. The van der Waals surface area contributed by atoms with E-state index < -0.39 is 0 Å². The van der Waals surface area contributed by atoms with Gasteiger partial charge in [0.2, 0.25) is 0 Å². The van der Waals surface area contributed by atoms with Crippen LogP contribution < -0.4 is 5.32 Å². The Morgan fingerprint density at radius 1 is 1.12 bits per heavy atom. The third-order valence-corrected chi connectivity index (χ3v) is 5.87. The van der Waals surface area contributed by atoms with Crippen LogP contribution in [0.2, 0.25) is 0 Å². The maximum atomic E-state index is 12.6. The Hall–Kier alpha value is -2.14. The average molecular weight is 356 g/mol. The zero-order chi connectivity index (χ0) is 17.8. The molecule has 0 radical (unpaired) electrons. The third-order valence-electron chi connectivity index (χ3n) is 4.64. The smallest absolute Gasteiger partial charge is 0.265 e. The fraction of sp³-hybridized carbons (Fsp3) is 0.400. The quantitative estimate of drug-likeness (QED) is 0.865. The van der Waals surface area contributed by atoms with E-state index in [1.165, 1.54) is 23.3 Å². The highest BCUT2D eigenvalue weighted by atomic mass is 32.1. The summed E-state index contributed by atoms with van der Waals surface area (Å²) in [7, 11) is 0. The summed E-state index contributed by atoms with van der Waals surface area (Å²) in [4.78, 5) is 28.9. The Kier molecular flexibility index (Phi) is 5.53. The number of aryl methyl sites for hydroxylation is 2. The van der Waals surface area contributed by atoms with E-state index in [0.29, 0.717) is 24.3 Å². The lowest BCUT2D eigenvalue weighted by molar-refractivity contribution is 0.0772. The number of anilines is 1. The highest BCUT2D eigenvalue weighted by Crippen LogP contribution is 2.30. The molecule has 132 valence electrons. The number of nitrogens with zero attached hydrogens (tertiary/aromatic N) is 1. The first-order valence-corrected chi connectivity index (χ1v) is 9.76. The van der Waals surface area contributed by atoms with Crippen LogP contribution in [-0.4, -0.2) is 29.8 Å². The van der Waals surface area contributed by atoms with Crippen molar-refractivity contribution in [2.24, 2.45) is 0 Å². The Morgan fingerprint density at radius 2 is 1.88 bits per heavy atom. The van der Waals surface area contributed by atoms with Crippen molar-refractivity contribution >= 4 is 28.8 Å². The van der Waals surface area contributed by atoms with E-state index >= 15 is 0 Å². The lowest BCUT2D eigenvalue weighted by Crippen LogP contribution is -2.30. The van der Waals surface area contributed by atoms with Crippen LogP contribution in [0, 0.1) is 0 Å². The zero-order valence-corrected chi connectivity index (χ0v) is 15.6. The number of benzene rings is 1. The van der Waals surface area contributed by atoms with Gasteiger partial charge in [0, 0.05) is 29.2 Å². The zero-order valence-electron chi connectivity index (χ0n) is 14.8. The molecule has 1 aliphatic carbocycles. The van der Waals surface area contributed by atoms with Crippen LogP contribution in [0.25, 0.3) is 0 Å². The standard InChI is InChI=1S/C20H24N2O2S/c1-3-22(4-2)20(24)15-9-7-10-16(12-15)21-19(23)18-13-14-8-5-6-11-17(14)25-18/h7,9-10,12-13H,3-6,8,11H2,1-2H3,(H,21,23). The molecular formula is C20H24N2O2S. The molecule has 0 bridgehead atoms. The third kappa shape index (κ3) is 3.93. The second kappa shape index (κ2) is 7.83. The average Bonchev–Trinajstić information content (AvgIpc) is 3.07. The monoisotopic (exact) mass is 356 g/mol. The van der Waals surface area contributed by atoms with Gasteiger partial charge in [-0.25, -0.2) is 0 Å². The van der Waals surface area contributed by atoms with Gasteiger partial charge in [0.15, 0.2) is 0 Å². The summed E-state index contributed by atoms with van der Waals surface area (Å²) in [5.41, 5.74) is 2.59. The number of thiophene rings is 1. The van der Waals surface area contributed by atoms with Gasteiger partial charge < -0.3 is 10.2 Å². The van der Waals surface area contributed by atoms with Gasteiger partial charge in [-0.3, -0.25) is 9.59 Å². The first kappa shape index (κ1) is 17.7. The first-order valence-electron chi connectivity index (χ1n) is 8.94. The molecule has 0 unspecified atom stereocenters. The predicted molar refractivity (Wildman–Crippen MR) is 103 cm³/mol. The summed E-state index contributed by atoms with van der Waals surface area (Å²) in [5, 5.41) is 2.94. The molecule has 25 heavy (non-hydrogen) atoms. The molecule has 3 rings (SSSR count). The number of nitrogens with one attached hydrogen (secondary N) is 1. The van der Waals surface area contributed by atoms with Gasteiger partial charge >= 0.3 is 0 Å². The molecule has 1 aliphatic rings. The van der Waals surface area contributed by atoms with Gasteiger partial charge in [0.25, 0.3) is 11.8 Å². The van der Waals surface area contributed by atoms with Gasteiger partial charge in [-0.2, -0.15) is 0 Å². The summed E-state index contributed by atoms with van der Waals surface area (Å²) in [6, 6.07) is 9.21. The minimum Gasteiger partial charge on any atom is -0.339 e. The highest BCUT2D eigenvalue weighted by Gasteiger charge is 2.18. The molecule has 0 saturated carbocycles. The van der Waals surface area contributed by atoms with Crippen LogP contribution >= 0.6 is 11.3 Å². The SMILES string of the molecule is CCN(CC)C(=O)c1cccc(NC(=O)c2cc3c(s2)CCCC3)c1. The molecule has 1 heterocycles. The van der Waals surface area contributed by atoms with Crippen LogP contribution in [-0.2, 0) is 12.8 Å². The summed E-state index contributed by atoms with van der Waals surface area (Å²) in [5.74, 6) is -0.0977. The number of carbonyl (C=O) groups excluding carboxylic acids is 2. The molecule has 0 atom stereocenters. The Bertz CT molecular complexity index is 754. The Morgan fingerprint density at radius 3 is 2.60 bits per heavy atom. The Balaban J connectivity index is 1.74. The molecule has 1 aromatic heterocycles. The number of rotatable bonds is 5. The molecule has 1 N–H and O–H groups in total. The van der Waals surface area contributed by atoms with E-state index in [4.69, 9.17) is 0 Å². The van der Waals surface area contributed by atoms with Crippen molar-refractivity contribution in [3.05, 3.63) is 51.2 Å². The van der Waals surface area contributed by atoms with Gasteiger partial charge in [0.05, 0.1) is 4.88 Å². The molecule has 5 heteroatoms. The van der Waals surface area contributed by atoms with E-state index in [0.717, 1.165) is 17.7 Å². The van der Waals surface area contributed by atoms with Crippen molar-refractivity contribution in [2.75, 3.05) is 18.4 Å². The molecule has 1 aromatic carbocycles. The van der Waals surface area contributed by atoms with Crippen molar-refractivity contribution in [3.63, 3.8) is 0 Å². The molecular weight excluding hydrogens is 332 g/mol. The molecule has 0 spiro atoms. The molecule has 4 nitrogen and oxygen atoms in total. The second-order valence-electron chi connectivity index (χ2n) is 6.28. The maximum Gasteiger partial charge on any atom is 0.265 e. The summed E-state index contributed by atoms with van der Waals surface area (Å²) < 4.78 is 0. The number of hydrogen-bond acceptors (Lipinski definition) is 3. The van der Waals surface area contributed by atoms with E-state index in [1.54, 1.807) is 28.4 Å². The van der Waals surface area contributed by atoms with E-state index in [1.807, 2.05) is 32.0 Å². The number of fused-ring (bicyclic) bond motifs is 1. The first-order chi connectivity index (χ1) is 12.1. The number of carbonyl (C=O) groups is 2. The normalized spacial score (nSPS) is 13.2. The lowest BCUT2D eigenvalue weighted by Gasteiger charge is -2.18. The van der Waals surface area contributed by atoms with Crippen molar-refractivity contribution in [1.29, 1.82) is 0 Å². The minimum absolute atomic E-state index is 0.00677. The minimum atomic E-state index is -0.0909. The van der Waals surface area contributed by atoms with Crippen LogP contribution in [0.4, 0.5) is 5.69 Å². The van der Waals surface area contributed by atoms with Crippen molar-refractivity contribution in [2.45, 2.75) is 39.5 Å². The van der Waals surface area contributed by atoms with E-state index in [2.05, 4.69) is 5.32 Å². The maximum absolute atomic E-state index is 12.6. The van der Waals surface area contributed by atoms with E-state index in [9.17, 15) is 9.59 Å². The Labute approximate surface area is 152 Å². The summed E-state index contributed by atoms with van der Waals surface area (Å²) in [6.45, 7) is 5.27. The van der Waals surface area contributed by atoms with Crippen LogP contribution in [0.5, 0.6) is 0 Å². The van der Waals surface area contributed by atoms with Crippen LogP contribution in [0.15, 0.2) is 30.3 Å². The largest absolute Gasteiger partial charge is 0.339 e. The number of hydrogen-bond donors (Lipinski definition) is 1. The molecule has 2 amide bonds. The summed E-state index contributed by atoms with van der Waals surface area (Å²) in [6.07, 6.45) is 4.58. The fourth-order valence-electron chi connectivity index (χ4n) is 3.22. The van der Waals surface area contributed by atoms with Crippen molar-refractivity contribution < 1.29 is 9.59 Å². The van der Waals surface area contributed by atoms with E-state index in [-0.39, 0.29) is 11.8 Å². The lowest BCUT2D eigenvalue weighted by atomic mass is 9.99. The van der Waals surface area contributed by atoms with Crippen molar-refractivity contribution in [1.82, 2.24) is 4.90 Å². The highest BCUT2D eigenvalue weighted by molar-refractivity contribution is 7.14. The van der Waals surface area contributed by atoms with Gasteiger partial charge in [-0.05, 0) is 69.4 Å². The topological polar surface area (TPSA) is 49.4 Å². The van der Waals surface area contributed by atoms with Gasteiger partial charge in [0.1, 0.15) is 0 Å². The van der Waals surface area contributed by atoms with Crippen LogP contribution in [0.3, 0.4) is 0 Å².